The lowest BCUT2D eigenvalue weighted by atomic mass is 9.80. The van der Waals surface area contributed by atoms with Crippen LogP contribution in [0.1, 0.15) is 40.0 Å². The van der Waals surface area contributed by atoms with Crippen LogP contribution < -0.4 is 21.8 Å². The Kier molecular flexibility index (Phi) is 5.91. The van der Waals surface area contributed by atoms with E-state index in [1.54, 1.807) is 0 Å². The summed E-state index contributed by atoms with van der Waals surface area (Å²) in [5.74, 6) is 1.48. The molecular formula is C19H30N8O3. The van der Waals surface area contributed by atoms with E-state index in [0.29, 0.717) is 30.7 Å². The molecule has 11 nitrogen and oxygen atoms in total. The van der Waals surface area contributed by atoms with Crippen molar-refractivity contribution in [1.82, 2.24) is 25.2 Å². The minimum Gasteiger partial charge on any atom is -0.384 e. The molecule has 0 radical (unpaired) electrons. The number of aromatic nitrogens is 4. The van der Waals surface area contributed by atoms with E-state index >= 15 is 0 Å². The molecule has 11 heteroatoms. The number of rotatable bonds is 7. The van der Waals surface area contributed by atoms with Crippen LogP contribution in [0, 0.1) is 5.92 Å². The molecule has 2 aromatic rings. The third-order valence-electron chi connectivity index (χ3n) is 6.14. The smallest absolute Gasteiger partial charge is 0.384 e. The average Bonchev–Trinajstić information content (AvgIpc) is 3.10. The van der Waals surface area contributed by atoms with Crippen molar-refractivity contribution < 1.29 is 9.15 Å². The number of hydrazine groups is 1. The first-order valence-corrected chi connectivity index (χ1v) is 10.5. The van der Waals surface area contributed by atoms with Gasteiger partial charge in [0.15, 0.2) is 11.6 Å². The van der Waals surface area contributed by atoms with Gasteiger partial charge in [-0.05, 0) is 39.5 Å². The van der Waals surface area contributed by atoms with Gasteiger partial charge in [0, 0.05) is 19.6 Å². The van der Waals surface area contributed by atoms with E-state index in [1.165, 1.54) is 19.3 Å². The van der Waals surface area contributed by atoms with Gasteiger partial charge in [-0.1, -0.05) is 6.42 Å². The molecule has 0 amide bonds. The highest BCUT2D eigenvalue weighted by atomic mass is 16.5. The molecule has 2 unspecified atom stereocenters. The lowest BCUT2D eigenvalue weighted by Gasteiger charge is -2.38. The number of nitrogens with zero attached hydrogens (tertiary/aromatic N) is 4. The van der Waals surface area contributed by atoms with E-state index in [1.807, 2.05) is 7.05 Å². The van der Waals surface area contributed by atoms with Gasteiger partial charge >= 0.3 is 5.76 Å². The standard InChI is InChI=1S/C19H30N8O3/c1-10(13-6-5-7-13)21-15-14(20-4)16(26-27-8-9-29-12(3)11(27)2)23-17(22-15)18-24-25-19(28)30-18/h10-13,20H,5-9H2,1-4H3,(H,25,28)(H2,21,22,23,26)/t10-,11?,12?/m1/s1. The summed E-state index contributed by atoms with van der Waals surface area (Å²) in [7, 11) is 1.84. The molecule has 1 saturated carbocycles. The van der Waals surface area contributed by atoms with Gasteiger partial charge in [0.1, 0.15) is 5.69 Å². The molecule has 1 aliphatic heterocycles. The van der Waals surface area contributed by atoms with Gasteiger partial charge in [0.2, 0.25) is 5.82 Å². The quantitative estimate of drug-likeness (QED) is 0.528. The van der Waals surface area contributed by atoms with Gasteiger partial charge in [-0.15, -0.1) is 5.10 Å². The van der Waals surface area contributed by atoms with Crippen LogP contribution in [0.3, 0.4) is 0 Å². The molecule has 2 aliphatic rings. The SMILES string of the molecule is CNc1c(N[C@H](C)C2CCC2)nc(-c2n[nH]c(=O)o2)nc1NN1CCOC(C)C1C. The van der Waals surface area contributed by atoms with Crippen molar-refractivity contribution in [3.63, 3.8) is 0 Å². The number of H-pyrrole nitrogens is 1. The molecule has 3 heterocycles. The van der Waals surface area contributed by atoms with E-state index in [2.05, 4.69) is 62.0 Å². The Morgan fingerprint density at radius 1 is 1.23 bits per heavy atom. The summed E-state index contributed by atoms with van der Waals surface area (Å²) in [6, 6.07) is 0.408. The monoisotopic (exact) mass is 418 g/mol. The van der Waals surface area contributed by atoms with Gasteiger partial charge in [-0.25, -0.2) is 24.9 Å². The lowest BCUT2D eigenvalue weighted by Crippen LogP contribution is -2.51. The first-order valence-electron chi connectivity index (χ1n) is 10.5. The van der Waals surface area contributed by atoms with E-state index in [0.717, 1.165) is 5.69 Å². The molecule has 0 spiro atoms. The molecule has 2 aromatic heterocycles. The van der Waals surface area contributed by atoms with Crippen LogP contribution in [0.25, 0.3) is 11.7 Å². The van der Waals surface area contributed by atoms with E-state index in [9.17, 15) is 4.79 Å². The predicted molar refractivity (Wildman–Crippen MR) is 113 cm³/mol. The maximum absolute atomic E-state index is 11.5. The van der Waals surface area contributed by atoms with Crippen molar-refractivity contribution in [3.8, 4) is 11.7 Å². The number of anilines is 3. The van der Waals surface area contributed by atoms with Crippen LogP contribution in [-0.4, -0.2) is 63.6 Å². The van der Waals surface area contributed by atoms with E-state index < -0.39 is 5.76 Å². The highest BCUT2D eigenvalue weighted by Gasteiger charge is 2.29. The number of nitrogens with one attached hydrogen (secondary N) is 4. The summed E-state index contributed by atoms with van der Waals surface area (Å²) >= 11 is 0. The van der Waals surface area contributed by atoms with Gasteiger partial charge < -0.3 is 25.2 Å². The first-order chi connectivity index (χ1) is 14.5. The molecule has 1 saturated heterocycles. The molecule has 1 aliphatic carbocycles. The van der Waals surface area contributed by atoms with Gasteiger partial charge in [-0.2, -0.15) is 0 Å². The zero-order valence-electron chi connectivity index (χ0n) is 17.9. The third kappa shape index (κ3) is 4.12. The van der Waals surface area contributed by atoms with Crippen LogP contribution in [0.2, 0.25) is 0 Å². The Hall–Kier alpha value is -2.66. The second kappa shape index (κ2) is 8.60. The van der Waals surface area contributed by atoms with Gasteiger partial charge in [0.05, 0.1) is 18.8 Å². The predicted octanol–water partition coefficient (Wildman–Crippen LogP) is 1.90. The molecule has 0 bridgehead atoms. The zero-order chi connectivity index (χ0) is 21.3. The first kappa shape index (κ1) is 20.6. The molecule has 3 atom stereocenters. The minimum absolute atomic E-state index is 0.0495. The van der Waals surface area contributed by atoms with Crippen molar-refractivity contribution in [3.05, 3.63) is 10.6 Å². The minimum atomic E-state index is -0.645. The normalized spacial score (nSPS) is 23.6. The molecule has 2 fully saturated rings. The summed E-state index contributed by atoms with van der Waals surface area (Å²) in [6.07, 6.45) is 3.78. The molecule has 0 aromatic carbocycles. The molecule has 164 valence electrons. The molecular weight excluding hydrogens is 388 g/mol. The maximum atomic E-state index is 11.5. The van der Waals surface area contributed by atoms with Crippen molar-refractivity contribution >= 4 is 17.3 Å². The summed E-state index contributed by atoms with van der Waals surface area (Å²) in [4.78, 5) is 20.7. The highest BCUT2D eigenvalue weighted by molar-refractivity contribution is 5.78. The second-order valence-electron chi connectivity index (χ2n) is 8.03. The van der Waals surface area contributed by atoms with Crippen LogP contribution in [-0.2, 0) is 4.74 Å². The van der Waals surface area contributed by atoms with Crippen LogP contribution in [0.4, 0.5) is 17.3 Å². The number of morpholine rings is 1. The number of hydrogen-bond donors (Lipinski definition) is 4. The van der Waals surface area contributed by atoms with E-state index in [-0.39, 0.29) is 29.9 Å². The number of aromatic amines is 1. The zero-order valence-corrected chi connectivity index (χ0v) is 17.9. The summed E-state index contributed by atoms with van der Waals surface area (Å²) in [6.45, 7) is 7.66. The van der Waals surface area contributed by atoms with Crippen molar-refractivity contribution in [2.45, 2.75) is 58.2 Å². The third-order valence-corrected chi connectivity index (χ3v) is 6.14. The van der Waals surface area contributed by atoms with Gasteiger partial charge in [-0.3, -0.25) is 0 Å². The van der Waals surface area contributed by atoms with Crippen LogP contribution in [0.5, 0.6) is 0 Å². The number of hydrogen-bond acceptors (Lipinski definition) is 10. The average molecular weight is 419 g/mol. The van der Waals surface area contributed by atoms with Crippen molar-refractivity contribution in [1.29, 1.82) is 0 Å². The molecule has 30 heavy (non-hydrogen) atoms. The molecule has 4 rings (SSSR count). The Labute approximate surface area is 175 Å². The summed E-state index contributed by atoms with van der Waals surface area (Å²) < 4.78 is 10.8. The number of ether oxygens (including phenoxy) is 1. The fourth-order valence-electron chi connectivity index (χ4n) is 3.80. The topological polar surface area (TPSA) is 133 Å². The van der Waals surface area contributed by atoms with E-state index in [4.69, 9.17) is 9.15 Å². The summed E-state index contributed by atoms with van der Waals surface area (Å²) in [5, 5.41) is 15.0. The Morgan fingerprint density at radius 3 is 2.63 bits per heavy atom. The van der Waals surface area contributed by atoms with Crippen molar-refractivity contribution in [2.75, 3.05) is 36.3 Å². The van der Waals surface area contributed by atoms with Crippen LogP contribution >= 0.6 is 0 Å². The van der Waals surface area contributed by atoms with Crippen LogP contribution in [0.15, 0.2) is 9.21 Å². The second-order valence-corrected chi connectivity index (χ2v) is 8.03. The fraction of sp³-hybridized carbons (Fsp3) is 0.684. The Morgan fingerprint density at radius 2 is 2.00 bits per heavy atom. The van der Waals surface area contributed by atoms with Gasteiger partial charge in [0.25, 0.3) is 5.89 Å². The fourth-order valence-corrected chi connectivity index (χ4v) is 3.80. The Balaban J connectivity index is 1.70. The molecule has 4 N–H and O–H groups in total. The Bertz CT molecular complexity index is 925. The highest BCUT2D eigenvalue weighted by Crippen LogP contribution is 2.35. The lowest BCUT2D eigenvalue weighted by molar-refractivity contribution is -0.0453. The largest absolute Gasteiger partial charge is 0.434 e. The summed E-state index contributed by atoms with van der Waals surface area (Å²) in [5.41, 5.74) is 4.15. The van der Waals surface area contributed by atoms with Crippen molar-refractivity contribution in [2.24, 2.45) is 5.92 Å². The maximum Gasteiger partial charge on any atom is 0.434 e.